The van der Waals surface area contributed by atoms with Gasteiger partial charge < -0.3 is 10.4 Å². The standard InChI is InChI=1S/C15H20ClNO4S/c16-12-4-6-13(7-5-12)22(20,21)15(8-1-2-9-15)14(19)17-10-3-11-18/h4-7,18H,1-3,8-11H2,(H,17,19). The van der Waals surface area contributed by atoms with Crippen LogP contribution in [0.5, 0.6) is 0 Å². The molecule has 0 atom stereocenters. The van der Waals surface area contributed by atoms with E-state index in [-0.39, 0.29) is 18.0 Å². The number of hydrogen-bond acceptors (Lipinski definition) is 4. The lowest BCUT2D eigenvalue weighted by atomic mass is 10.1. The van der Waals surface area contributed by atoms with Crippen LogP contribution < -0.4 is 5.32 Å². The van der Waals surface area contributed by atoms with E-state index in [1.54, 1.807) is 0 Å². The molecule has 2 rings (SSSR count). The van der Waals surface area contributed by atoms with Gasteiger partial charge in [-0.25, -0.2) is 8.42 Å². The summed E-state index contributed by atoms with van der Waals surface area (Å²) in [7, 11) is -3.79. The highest BCUT2D eigenvalue weighted by atomic mass is 35.5. The minimum absolute atomic E-state index is 0.0444. The average molecular weight is 346 g/mol. The van der Waals surface area contributed by atoms with Crippen molar-refractivity contribution in [3.05, 3.63) is 29.3 Å². The van der Waals surface area contributed by atoms with E-state index in [2.05, 4.69) is 5.32 Å². The van der Waals surface area contributed by atoms with E-state index in [0.29, 0.717) is 37.1 Å². The molecule has 0 bridgehead atoms. The molecule has 0 spiro atoms. The molecule has 0 aromatic heterocycles. The van der Waals surface area contributed by atoms with Crippen LogP contribution in [0.1, 0.15) is 32.1 Å². The second-order valence-electron chi connectivity index (χ2n) is 5.49. The fourth-order valence-corrected chi connectivity index (χ4v) is 5.06. The Morgan fingerprint density at radius 1 is 1.23 bits per heavy atom. The predicted molar refractivity (Wildman–Crippen MR) is 84.5 cm³/mol. The molecule has 1 aliphatic carbocycles. The van der Waals surface area contributed by atoms with Gasteiger partial charge in [0.2, 0.25) is 5.91 Å². The zero-order chi connectivity index (χ0) is 16.2. The molecule has 1 aromatic rings. The Hall–Kier alpha value is -1.11. The number of nitrogens with one attached hydrogen (secondary N) is 1. The second-order valence-corrected chi connectivity index (χ2v) is 8.19. The van der Waals surface area contributed by atoms with Gasteiger partial charge in [-0.05, 0) is 43.5 Å². The van der Waals surface area contributed by atoms with Gasteiger partial charge in [0.1, 0.15) is 0 Å². The van der Waals surface area contributed by atoms with Gasteiger partial charge in [0, 0.05) is 18.2 Å². The first-order valence-corrected chi connectivity index (χ1v) is 9.19. The van der Waals surface area contributed by atoms with Gasteiger partial charge in [-0.3, -0.25) is 4.79 Å². The van der Waals surface area contributed by atoms with Gasteiger partial charge >= 0.3 is 0 Å². The highest BCUT2D eigenvalue weighted by molar-refractivity contribution is 7.93. The molecule has 122 valence electrons. The molecule has 1 aliphatic rings. The fourth-order valence-electron chi connectivity index (χ4n) is 2.85. The third kappa shape index (κ3) is 3.14. The molecular formula is C15H20ClNO4S. The Balaban J connectivity index is 2.33. The average Bonchev–Trinajstić information content (AvgIpc) is 2.99. The second kappa shape index (κ2) is 6.98. The molecule has 5 nitrogen and oxygen atoms in total. The summed E-state index contributed by atoms with van der Waals surface area (Å²) in [5.74, 6) is -0.464. The highest BCUT2D eigenvalue weighted by Crippen LogP contribution is 2.40. The lowest BCUT2D eigenvalue weighted by Crippen LogP contribution is -2.50. The normalized spacial score (nSPS) is 17.4. The summed E-state index contributed by atoms with van der Waals surface area (Å²) in [5, 5.41) is 11.9. The van der Waals surface area contributed by atoms with Crippen molar-refractivity contribution in [3.8, 4) is 0 Å². The van der Waals surface area contributed by atoms with Gasteiger partial charge in [-0.15, -0.1) is 0 Å². The molecule has 1 fully saturated rings. The maximum atomic E-state index is 13.0. The van der Waals surface area contributed by atoms with E-state index in [4.69, 9.17) is 16.7 Å². The summed E-state index contributed by atoms with van der Waals surface area (Å²) in [4.78, 5) is 12.7. The van der Waals surface area contributed by atoms with Crippen LogP contribution >= 0.6 is 11.6 Å². The number of amides is 1. The SMILES string of the molecule is O=C(NCCCO)C1(S(=O)(=O)c2ccc(Cl)cc2)CCCC1. The minimum atomic E-state index is -3.79. The van der Waals surface area contributed by atoms with E-state index in [9.17, 15) is 13.2 Å². The number of carbonyl (C=O) groups excluding carboxylic acids is 1. The first-order chi connectivity index (χ1) is 10.4. The molecule has 1 aromatic carbocycles. The van der Waals surface area contributed by atoms with Crippen molar-refractivity contribution in [3.63, 3.8) is 0 Å². The quantitative estimate of drug-likeness (QED) is 0.772. The van der Waals surface area contributed by atoms with Crippen molar-refractivity contribution >= 4 is 27.3 Å². The number of benzene rings is 1. The van der Waals surface area contributed by atoms with Crippen LogP contribution in [0.3, 0.4) is 0 Å². The van der Waals surface area contributed by atoms with Gasteiger partial charge in [-0.1, -0.05) is 24.4 Å². The van der Waals surface area contributed by atoms with Crippen LogP contribution in [0, 0.1) is 0 Å². The molecular weight excluding hydrogens is 326 g/mol. The molecule has 7 heteroatoms. The molecule has 0 saturated heterocycles. The smallest absolute Gasteiger partial charge is 0.241 e. The van der Waals surface area contributed by atoms with Gasteiger partial charge in [-0.2, -0.15) is 0 Å². The zero-order valence-electron chi connectivity index (χ0n) is 12.2. The van der Waals surface area contributed by atoms with Crippen molar-refractivity contribution in [1.29, 1.82) is 0 Å². The van der Waals surface area contributed by atoms with Gasteiger partial charge in [0.25, 0.3) is 0 Å². The Kier molecular flexibility index (Phi) is 5.47. The van der Waals surface area contributed by atoms with Crippen LogP contribution in [-0.2, 0) is 14.6 Å². The van der Waals surface area contributed by atoms with Crippen LogP contribution in [0.25, 0.3) is 0 Å². The number of carbonyl (C=O) groups is 1. The van der Waals surface area contributed by atoms with Crippen molar-refractivity contribution < 1.29 is 18.3 Å². The first kappa shape index (κ1) is 17.2. The third-order valence-electron chi connectivity index (χ3n) is 4.08. The van der Waals surface area contributed by atoms with Crippen molar-refractivity contribution in [2.75, 3.05) is 13.2 Å². The topological polar surface area (TPSA) is 83.5 Å². The van der Waals surface area contributed by atoms with Crippen LogP contribution in [-0.4, -0.2) is 37.3 Å². The van der Waals surface area contributed by atoms with E-state index in [1.807, 2.05) is 0 Å². The van der Waals surface area contributed by atoms with E-state index in [0.717, 1.165) is 0 Å². The number of sulfone groups is 1. The summed E-state index contributed by atoms with van der Waals surface area (Å²) in [6.07, 6.45) is 2.47. The van der Waals surface area contributed by atoms with Crippen LogP contribution in [0.15, 0.2) is 29.2 Å². The van der Waals surface area contributed by atoms with Crippen molar-refractivity contribution in [1.82, 2.24) is 5.32 Å². The minimum Gasteiger partial charge on any atom is -0.396 e. The largest absolute Gasteiger partial charge is 0.396 e. The summed E-state index contributed by atoms with van der Waals surface area (Å²) >= 11 is 5.81. The summed E-state index contributed by atoms with van der Waals surface area (Å²) in [5.41, 5.74) is 0. The molecule has 1 amide bonds. The van der Waals surface area contributed by atoms with E-state index < -0.39 is 20.5 Å². The fraction of sp³-hybridized carbons (Fsp3) is 0.533. The highest BCUT2D eigenvalue weighted by Gasteiger charge is 2.52. The van der Waals surface area contributed by atoms with Crippen LogP contribution in [0.4, 0.5) is 0 Å². The lowest BCUT2D eigenvalue weighted by Gasteiger charge is -2.27. The molecule has 22 heavy (non-hydrogen) atoms. The number of hydrogen-bond donors (Lipinski definition) is 2. The zero-order valence-corrected chi connectivity index (χ0v) is 13.8. The monoisotopic (exact) mass is 345 g/mol. The van der Waals surface area contributed by atoms with E-state index >= 15 is 0 Å². The number of halogens is 1. The first-order valence-electron chi connectivity index (χ1n) is 7.33. The van der Waals surface area contributed by atoms with Gasteiger partial charge in [0.05, 0.1) is 4.90 Å². The number of aliphatic hydroxyl groups excluding tert-OH is 1. The van der Waals surface area contributed by atoms with E-state index in [1.165, 1.54) is 24.3 Å². The third-order valence-corrected chi connectivity index (χ3v) is 6.85. The Labute approximate surface area is 135 Å². The van der Waals surface area contributed by atoms with Gasteiger partial charge in [0.15, 0.2) is 14.6 Å². The molecule has 0 heterocycles. The Bertz CT molecular complexity index is 621. The molecule has 0 radical (unpaired) electrons. The number of aliphatic hydroxyl groups is 1. The maximum absolute atomic E-state index is 13.0. The molecule has 1 saturated carbocycles. The molecule has 0 unspecified atom stereocenters. The summed E-state index contributed by atoms with van der Waals surface area (Å²) < 4.78 is 24.6. The Morgan fingerprint density at radius 2 is 1.82 bits per heavy atom. The maximum Gasteiger partial charge on any atom is 0.241 e. The van der Waals surface area contributed by atoms with Crippen molar-refractivity contribution in [2.45, 2.75) is 41.7 Å². The Morgan fingerprint density at radius 3 is 2.36 bits per heavy atom. The molecule has 0 aliphatic heterocycles. The molecule has 2 N–H and O–H groups in total. The predicted octanol–water partition coefficient (Wildman–Crippen LogP) is 1.93. The van der Waals surface area contributed by atoms with Crippen LogP contribution in [0.2, 0.25) is 5.02 Å². The number of rotatable bonds is 6. The summed E-state index contributed by atoms with van der Waals surface area (Å²) in [6.45, 7) is 0.227. The lowest BCUT2D eigenvalue weighted by molar-refractivity contribution is -0.123. The van der Waals surface area contributed by atoms with Crippen molar-refractivity contribution in [2.24, 2.45) is 0 Å². The summed E-state index contributed by atoms with van der Waals surface area (Å²) in [6, 6.07) is 5.92.